The Hall–Kier alpha value is -2.76. The summed E-state index contributed by atoms with van der Waals surface area (Å²) >= 11 is 0. The minimum atomic E-state index is -4.37. The van der Waals surface area contributed by atoms with Crippen molar-refractivity contribution >= 4 is 10.9 Å². The summed E-state index contributed by atoms with van der Waals surface area (Å²) in [6, 6.07) is 12.9. The Labute approximate surface area is 123 Å². The van der Waals surface area contributed by atoms with E-state index in [0.717, 1.165) is 16.9 Å². The summed E-state index contributed by atoms with van der Waals surface area (Å²) in [6.07, 6.45) is -2.90. The molecule has 0 atom stereocenters. The van der Waals surface area contributed by atoms with Gasteiger partial charge in [-0.25, -0.2) is 0 Å². The first-order chi connectivity index (χ1) is 10.4. The molecule has 0 fully saturated rings. The van der Waals surface area contributed by atoms with Gasteiger partial charge in [-0.15, -0.1) is 0 Å². The van der Waals surface area contributed by atoms with Gasteiger partial charge in [0, 0.05) is 16.9 Å². The molecule has 3 nitrogen and oxygen atoms in total. The van der Waals surface area contributed by atoms with Crippen molar-refractivity contribution < 1.29 is 27.8 Å². The Kier molecular flexibility index (Phi) is 3.36. The van der Waals surface area contributed by atoms with E-state index in [0.29, 0.717) is 16.7 Å². The molecule has 1 heterocycles. The van der Waals surface area contributed by atoms with Gasteiger partial charge in [0.25, 0.3) is 5.52 Å². The molecule has 112 valence electrons. The van der Waals surface area contributed by atoms with Gasteiger partial charge in [0.2, 0.25) is 6.20 Å². The fourth-order valence-corrected chi connectivity index (χ4v) is 2.13. The van der Waals surface area contributed by atoms with Crippen molar-refractivity contribution in [2.75, 3.05) is 0 Å². The van der Waals surface area contributed by atoms with Crippen LogP contribution in [0, 0.1) is 0 Å². The molecule has 0 unspecified atom stereocenters. The first kappa shape index (κ1) is 14.2. The molecule has 0 aliphatic heterocycles. The van der Waals surface area contributed by atoms with E-state index in [1.165, 1.54) is 18.3 Å². The lowest BCUT2D eigenvalue weighted by atomic mass is 10.2. The summed E-state index contributed by atoms with van der Waals surface area (Å²) in [4.78, 5) is 0. The predicted octanol–water partition coefficient (Wildman–Crippen LogP) is 4.18. The maximum absolute atomic E-state index is 12.5. The van der Waals surface area contributed by atoms with Gasteiger partial charge in [-0.2, -0.15) is 13.2 Å². The minimum absolute atomic E-state index is 0.286. The number of ether oxygens (including phenoxy) is 1. The third-order valence-corrected chi connectivity index (χ3v) is 3.19. The van der Waals surface area contributed by atoms with Crippen LogP contribution in [0.15, 0.2) is 60.8 Å². The summed E-state index contributed by atoms with van der Waals surface area (Å²) in [5, 5.41) is 10.4. The van der Waals surface area contributed by atoms with Gasteiger partial charge >= 0.3 is 6.18 Å². The zero-order valence-corrected chi connectivity index (χ0v) is 11.2. The molecule has 0 bridgehead atoms. The predicted molar refractivity (Wildman–Crippen MR) is 72.8 cm³/mol. The first-order valence-corrected chi connectivity index (χ1v) is 6.43. The molecule has 0 spiro atoms. The van der Waals surface area contributed by atoms with Gasteiger partial charge in [-0.05, 0) is 36.4 Å². The summed E-state index contributed by atoms with van der Waals surface area (Å²) in [5.41, 5.74) is -0.196. The quantitative estimate of drug-likeness (QED) is 0.569. The monoisotopic (exact) mass is 306 g/mol. The molecule has 0 aliphatic carbocycles. The fourth-order valence-electron chi connectivity index (χ4n) is 2.13. The third-order valence-electron chi connectivity index (χ3n) is 3.19. The number of benzene rings is 2. The Morgan fingerprint density at radius 3 is 2.32 bits per heavy atom. The number of halogens is 3. The number of hydrogen-bond donors (Lipinski definition) is 1. The van der Waals surface area contributed by atoms with E-state index >= 15 is 0 Å². The molecule has 0 saturated heterocycles. The van der Waals surface area contributed by atoms with Gasteiger partial charge in [0.05, 0.1) is 10.9 Å². The molecule has 6 heteroatoms. The van der Waals surface area contributed by atoms with Gasteiger partial charge in [0.15, 0.2) is 0 Å². The minimum Gasteiger partial charge on any atom is -0.456 e. The van der Waals surface area contributed by atoms with E-state index in [1.54, 1.807) is 30.3 Å². The van der Waals surface area contributed by atoms with Crippen molar-refractivity contribution in [3.05, 3.63) is 66.4 Å². The van der Waals surface area contributed by atoms with Gasteiger partial charge in [-0.1, -0.05) is 6.07 Å². The van der Waals surface area contributed by atoms with E-state index in [2.05, 4.69) is 0 Å². The van der Waals surface area contributed by atoms with Crippen LogP contribution >= 0.6 is 0 Å². The van der Waals surface area contributed by atoms with E-state index in [-0.39, 0.29) is 5.75 Å². The lowest BCUT2D eigenvalue weighted by Crippen LogP contribution is -2.29. The van der Waals surface area contributed by atoms with Gasteiger partial charge < -0.3 is 4.74 Å². The maximum atomic E-state index is 12.5. The normalized spacial score (nSPS) is 11.6. The Balaban J connectivity index is 1.95. The van der Waals surface area contributed by atoms with Crippen LogP contribution < -0.4 is 9.47 Å². The molecule has 1 N–H and O–H groups in total. The largest absolute Gasteiger partial charge is 0.456 e. The van der Waals surface area contributed by atoms with Crippen molar-refractivity contribution in [1.29, 1.82) is 0 Å². The highest BCUT2D eigenvalue weighted by atomic mass is 19.4. The third kappa shape index (κ3) is 2.67. The topological polar surface area (TPSA) is 33.3 Å². The number of aromatic nitrogens is 1. The molecule has 0 amide bonds. The van der Waals surface area contributed by atoms with Crippen LogP contribution in [0.2, 0.25) is 0 Å². The second-order valence-corrected chi connectivity index (χ2v) is 4.67. The summed E-state index contributed by atoms with van der Waals surface area (Å²) in [5.74, 6) is 0.731. The van der Waals surface area contributed by atoms with Crippen molar-refractivity contribution in [2.24, 2.45) is 0 Å². The van der Waals surface area contributed by atoms with Gasteiger partial charge in [-0.3, -0.25) is 5.21 Å². The van der Waals surface area contributed by atoms with Crippen molar-refractivity contribution in [1.82, 2.24) is 0 Å². The molecule has 3 rings (SSSR count). The van der Waals surface area contributed by atoms with Gasteiger partial charge in [0.1, 0.15) is 11.5 Å². The van der Waals surface area contributed by atoms with Crippen LogP contribution in [-0.4, -0.2) is 5.21 Å². The highest BCUT2D eigenvalue weighted by Gasteiger charge is 2.30. The van der Waals surface area contributed by atoms with E-state index < -0.39 is 11.7 Å². The SMILES string of the molecule is O[n+]1cccc2c(Oc3ccc(C(F)(F)F)cc3)cccc21. The zero-order valence-electron chi connectivity index (χ0n) is 11.2. The van der Waals surface area contributed by atoms with Crippen LogP contribution in [0.3, 0.4) is 0 Å². The lowest BCUT2D eigenvalue weighted by Gasteiger charge is -2.09. The highest BCUT2D eigenvalue weighted by molar-refractivity contribution is 5.82. The number of rotatable bonds is 2. The second-order valence-electron chi connectivity index (χ2n) is 4.67. The average Bonchev–Trinajstić information content (AvgIpc) is 2.48. The number of hydrogen-bond acceptors (Lipinski definition) is 2. The molecular weight excluding hydrogens is 295 g/mol. The Bertz CT molecular complexity index is 814. The number of nitrogens with zero attached hydrogens (tertiary/aromatic N) is 1. The van der Waals surface area contributed by atoms with Crippen LogP contribution in [-0.2, 0) is 6.18 Å². The molecule has 1 aromatic heterocycles. The molecule has 0 saturated carbocycles. The van der Waals surface area contributed by atoms with Crippen molar-refractivity contribution in [2.45, 2.75) is 6.18 Å². The second kappa shape index (κ2) is 5.22. The smallest absolute Gasteiger partial charge is 0.416 e. The number of fused-ring (bicyclic) bond motifs is 1. The fraction of sp³-hybridized carbons (Fsp3) is 0.0625. The average molecular weight is 306 g/mol. The molecule has 3 aromatic rings. The molecule has 0 radical (unpaired) electrons. The highest BCUT2D eigenvalue weighted by Crippen LogP contribution is 2.32. The Morgan fingerprint density at radius 1 is 0.909 bits per heavy atom. The van der Waals surface area contributed by atoms with Crippen molar-refractivity contribution in [3.63, 3.8) is 0 Å². The van der Waals surface area contributed by atoms with E-state index in [4.69, 9.17) is 4.74 Å². The molecule has 2 aromatic carbocycles. The van der Waals surface area contributed by atoms with E-state index in [1.807, 2.05) is 0 Å². The number of alkyl halides is 3. The maximum Gasteiger partial charge on any atom is 0.416 e. The van der Waals surface area contributed by atoms with Crippen molar-refractivity contribution in [3.8, 4) is 11.5 Å². The van der Waals surface area contributed by atoms with Crippen LogP contribution in [0.1, 0.15) is 5.56 Å². The van der Waals surface area contributed by atoms with Crippen LogP contribution in [0.5, 0.6) is 11.5 Å². The summed E-state index contributed by atoms with van der Waals surface area (Å²) in [7, 11) is 0. The Morgan fingerprint density at radius 2 is 1.64 bits per heavy atom. The summed E-state index contributed by atoms with van der Waals surface area (Å²) in [6.45, 7) is 0. The van der Waals surface area contributed by atoms with E-state index in [9.17, 15) is 18.4 Å². The molecule has 0 aliphatic rings. The lowest BCUT2D eigenvalue weighted by molar-refractivity contribution is -0.884. The standard InChI is InChI=1S/C16H11F3NO2/c17-16(18,19)11-6-8-12(9-7-11)22-15-5-1-4-14-13(15)3-2-10-20(14)21/h1-10,21H/q+1. The molecule has 22 heavy (non-hydrogen) atoms. The first-order valence-electron chi connectivity index (χ1n) is 6.43. The van der Waals surface area contributed by atoms with Crippen LogP contribution in [0.25, 0.3) is 10.9 Å². The zero-order chi connectivity index (χ0) is 15.7. The number of pyridine rings is 1. The summed E-state index contributed by atoms with van der Waals surface area (Å²) < 4.78 is 44.2. The molecular formula is C16H11F3NO2+. The van der Waals surface area contributed by atoms with Crippen LogP contribution in [0.4, 0.5) is 13.2 Å².